The second-order valence-electron chi connectivity index (χ2n) is 3.75. The van der Waals surface area contributed by atoms with Gasteiger partial charge in [0.25, 0.3) is 0 Å². The molecule has 0 saturated heterocycles. The topological polar surface area (TPSA) is 45.1 Å². The van der Waals surface area contributed by atoms with Crippen molar-refractivity contribution in [1.29, 1.82) is 0 Å². The molecule has 0 amide bonds. The van der Waals surface area contributed by atoms with Gasteiger partial charge in [-0.15, -0.1) is 0 Å². The molecule has 0 aliphatic carbocycles. The van der Waals surface area contributed by atoms with Gasteiger partial charge in [-0.25, -0.2) is 0 Å². The maximum absolute atomic E-state index is 8.62. The number of nitrogens with one attached hydrogen (secondary N) is 1. The Morgan fingerprint density at radius 1 is 1.40 bits per heavy atom. The molecule has 0 fully saturated rings. The van der Waals surface area contributed by atoms with Gasteiger partial charge in [-0.3, -0.25) is 4.98 Å². The van der Waals surface area contributed by atoms with Crippen molar-refractivity contribution in [3.63, 3.8) is 0 Å². The van der Waals surface area contributed by atoms with E-state index in [1.54, 1.807) is 6.20 Å². The molecule has 0 radical (unpaired) electrons. The lowest BCUT2D eigenvalue weighted by Gasteiger charge is -2.13. The van der Waals surface area contributed by atoms with E-state index in [-0.39, 0.29) is 0 Å². The summed E-state index contributed by atoms with van der Waals surface area (Å²) < 4.78 is 0. The number of nitrogens with zero attached hydrogens (tertiary/aromatic N) is 1. The van der Waals surface area contributed by atoms with E-state index in [1.165, 1.54) is 5.56 Å². The fraction of sp³-hybridized carbons (Fsp3) is 0.583. The molecule has 0 bridgehead atoms. The quantitative estimate of drug-likeness (QED) is 0.673. The van der Waals surface area contributed by atoms with Crippen molar-refractivity contribution in [2.45, 2.75) is 32.2 Å². The molecule has 3 heteroatoms. The number of rotatable bonds is 7. The van der Waals surface area contributed by atoms with Crippen molar-refractivity contribution in [3.8, 4) is 0 Å². The lowest BCUT2D eigenvalue weighted by atomic mass is 10.1. The van der Waals surface area contributed by atoms with E-state index in [2.05, 4.69) is 23.3 Å². The van der Waals surface area contributed by atoms with E-state index in [9.17, 15) is 0 Å². The summed E-state index contributed by atoms with van der Waals surface area (Å²) in [6.45, 7) is 3.44. The van der Waals surface area contributed by atoms with Gasteiger partial charge in [-0.05, 0) is 44.4 Å². The van der Waals surface area contributed by atoms with Gasteiger partial charge in [-0.2, -0.15) is 0 Å². The zero-order valence-corrected chi connectivity index (χ0v) is 9.32. The van der Waals surface area contributed by atoms with Crippen molar-refractivity contribution in [1.82, 2.24) is 10.3 Å². The second kappa shape index (κ2) is 7.37. The molecule has 3 nitrogen and oxygen atoms in total. The van der Waals surface area contributed by atoms with E-state index in [0.29, 0.717) is 12.6 Å². The molecular weight excluding hydrogens is 188 g/mol. The average Bonchev–Trinajstić information content (AvgIpc) is 2.30. The Balaban J connectivity index is 2.16. The van der Waals surface area contributed by atoms with E-state index >= 15 is 0 Å². The van der Waals surface area contributed by atoms with E-state index in [0.717, 1.165) is 25.8 Å². The minimum atomic E-state index is 0.304. The maximum Gasteiger partial charge on any atom is 0.0431 e. The first-order valence-electron chi connectivity index (χ1n) is 5.58. The number of aliphatic hydroxyl groups excluding tert-OH is 1. The van der Waals surface area contributed by atoms with Crippen molar-refractivity contribution < 1.29 is 5.11 Å². The molecule has 0 aliphatic rings. The Kier molecular flexibility index (Phi) is 5.97. The maximum atomic E-state index is 8.62. The van der Waals surface area contributed by atoms with Crippen molar-refractivity contribution in [3.05, 3.63) is 30.1 Å². The number of pyridine rings is 1. The Morgan fingerprint density at radius 3 is 2.93 bits per heavy atom. The van der Waals surface area contributed by atoms with Crippen LogP contribution >= 0.6 is 0 Å². The predicted octanol–water partition coefficient (Wildman–Crippen LogP) is 1.89. The summed E-state index contributed by atoms with van der Waals surface area (Å²) in [6, 6.07) is 4.39. The Bertz CT molecular complexity index is 251. The standard InChI is InChI=1S/C12H20N2O/c1-11(12-6-5-7-13-10-12)14-8-3-2-4-9-15/h5-7,10-11,14-15H,2-4,8-9H2,1H3/t11-/m0/s1. The highest BCUT2D eigenvalue weighted by molar-refractivity contribution is 5.12. The first-order valence-corrected chi connectivity index (χ1v) is 5.58. The van der Waals surface area contributed by atoms with Crippen LogP contribution in [-0.4, -0.2) is 23.2 Å². The fourth-order valence-electron chi connectivity index (χ4n) is 1.48. The normalized spacial score (nSPS) is 12.7. The van der Waals surface area contributed by atoms with Crippen LogP contribution in [0.25, 0.3) is 0 Å². The number of aromatic nitrogens is 1. The first kappa shape index (κ1) is 12.1. The molecular formula is C12H20N2O. The van der Waals surface area contributed by atoms with Crippen molar-refractivity contribution in [2.24, 2.45) is 0 Å². The lowest BCUT2D eigenvalue weighted by Crippen LogP contribution is -2.19. The number of aliphatic hydroxyl groups is 1. The van der Waals surface area contributed by atoms with Gasteiger partial charge < -0.3 is 10.4 Å². The predicted molar refractivity (Wildman–Crippen MR) is 61.6 cm³/mol. The minimum absolute atomic E-state index is 0.304. The first-order chi connectivity index (χ1) is 7.34. The van der Waals surface area contributed by atoms with Crippen LogP contribution in [0, 0.1) is 0 Å². The third kappa shape index (κ3) is 4.91. The zero-order chi connectivity index (χ0) is 10.9. The highest BCUT2D eigenvalue weighted by atomic mass is 16.2. The summed E-state index contributed by atoms with van der Waals surface area (Å²) in [7, 11) is 0. The Morgan fingerprint density at radius 2 is 2.27 bits per heavy atom. The highest BCUT2D eigenvalue weighted by Crippen LogP contribution is 2.09. The van der Waals surface area contributed by atoms with Crippen LogP contribution < -0.4 is 5.32 Å². The van der Waals surface area contributed by atoms with Gasteiger partial charge in [0, 0.05) is 25.0 Å². The number of unbranched alkanes of at least 4 members (excludes halogenated alkanes) is 2. The third-order valence-corrected chi connectivity index (χ3v) is 2.47. The summed E-state index contributed by atoms with van der Waals surface area (Å²) in [5, 5.41) is 12.1. The van der Waals surface area contributed by atoms with Crippen LogP contribution in [-0.2, 0) is 0 Å². The molecule has 1 aromatic rings. The lowest BCUT2D eigenvalue weighted by molar-refractivity contribution is 0.282. The molecule has 1 atom stereocenters. The smallest absolute Gasteiger partial charge is 0.0431 e. The summed E-state index contributed by atoms with van der Waals surface area (Å²) in [4.78, 5) is 4.09. The summed E-state index contributed by atoms with van der Waals surface area (Å²) >= 11 is 0. The van der Waals surface area contributed by atoms with Crippen LogP contribution in [0.2, 0.25) is 0 Å². The van der Waals surface area contributed by atoms with Crippen molar-refractivity contribution in [2.75, 3.05) is 13.2 Å². The largest absolute Gasteiger partial charge is 0.396 e. The molecule has 15 heavy (non-hydrogen) atoms. The van der Waals surface area contributed by atoms with E-state index in [4.69, 9.17) is 5.11 Å². The van der Waals surface area contributed by atoms with Crippen LogP contribution in [0.5, 0.6) is 0 Å². The molecule has 0 saturated carbocycles. The third-order valence-electron chi connectivity index (χ3n) is 2.47. The van der Waals surface area contributed by atoms with Crippen LogP contribution in [0.4, 0.5) is 0 Å². The molecule has 0 aliphatic heterocycles. The number of hydrogen-bond acceptors (Lipinski definition) is 3. The van der Waals surface area contributed by atoms with Gasteiger partial charge >= 0.3 is 0 Å². The molecule has 0 aromatic carbocycles. The monoisotopic (exact) mass is 208 g/mol. The summed E-state index contributed by atoms with van der Waals surface area (Å²) in [5.74, 6) is 0. The summed E-state index contributed by atoms with van der Waals surface area (Å²) in [6.07, 6.45) is 6.79. The highest BCUT2D eigenvalue weighted by Gasteiger charge is 2.02. The zero-order valence-electron chi connectivity index (χ0n) is 9.32. The van der Waals surface area contributed by atoms with Gasteiger partial charge in [-0.1, -0.05) is 6.07 Å². The van der Waals surface area contributed by atoms with Gasteiger partial charge in [0.1, 0.15) is 0 Å². The van der Waals surface area contributed by atoms with Crippen LogP contribution in [0.3, 0.4) is 0 Å². The molecule has 1 heterocycles. The Labute approximate surface area is 91.5 Å². The van der Waals surface area contributed by atoms with Crippen molar-refractivity contribution >= 4 is 0 Å². The molecule has 0 unspecified atom stereocenters. The SMILES string of the molecule is C[C@H](NCCCCCO)c1cccnc1. The van der Waals surface area contributed by atoms with Gasteiger partial charge in [0.2, 0.25) is 0 Å². The van der Waals surface area contributed by atoms with Gasteiger partial charge in [0.05, 0.1) is 0 Å². The molecule has 0 spiro atoms. The molecule has 1 aromatic heterocycles. The second-order valence-corrected chi connectivity index (χ2v) is 3.75. The fourth-order valence-corrected chi connectivity index (χ4v) is 1.48. The Hall–Kier alpha value is -0.930. The van der Waals surface area contributed by atoms with Crippen LogP contribution in [0.1, 0.15) is 37.8 Å². The molecule has 1 rings (SSSR count). The van der Waals surface area contributed by atoms with Crippen LogP contribution in [0.15, 0.2) is 24.5 Å². The molecule has 2 N–H and O–H groups in total. The minimum Gasteiger partial charge on any atom is -0.396 e. The van der Waals surface area contributed by atoms with E-state index in [1.807, 2.05) is 12.3 Å². The summed E-state index contributed by atoms with van der Waals surface area (Å²) in [5.41, 5.74) is 1.22. The molecule has 84 valence electrons. The van der Waals surface area contributed by atoms with Gasteiger partial charge in [0.15, 0.2) is 0 Å². The van der Waals surface area contributed by atoms with E-state index < -0.39 is 0 Å². The average molecular weight is 208 g/mol. The number of hydrogen-bond donors (Lipinski definition) is 2.